The maximum atomic E-state index is 5.59. The zero-order valence-electron chi connectivity index (χ0n) is 17.4. The smallest absolute Gasteiger partial charge is 0.145 e. The molecule has 4 heteroatoms. The molecule has 0 fully saturated rings. The molecule has 0 unspecified atom stereocenters. The summed E-state index contributed by atoms with van der Waals surface area (Å²) in [5.74, 6) is 1.59. The molecule has 5 aromatic rings. The number of nitrogens with one attached hydrogen (secondary N) is 1. The van der Waals surface area contributed by atoms with Crippen molar-refractivity contribution >= 4 is 33.2 Å². The van der Waals surface area contributed by atoms with Crippen molar-refractivity contribution in [2.24, 2.45) is 0 Å². The fourth-order valence-corrected chi connectivity index (χ4v) is 3.99. The molecule has 0 radical (unpaired) electrons. The SMILES string of the molecule is COc1ccccc1Nc1ccc(-c2c3ccccc3nc3c(OC)cccc23)cc1. The Hall–Kier alpha value is -4.05. The molecular weight excluding hydrogens is 384 g/mol. The van der Waals surface area contributed by atoms with Gasteiger partial charge in [-0.15, -0.1) is 0 Å². The third-order valence-electron chi connectivity index (χ3n) is 5.45. The summed E-state index contributed by atoms with van der Waals surface area (Å²) in [6, 6.07) is 30.6. The second kappa shape index (κ2) is 8.00. The summed E-state index contributed by atoms with van der Waals surface area (Å²) < 4.78 is 11.0. The Balaban J connectivity index is 1.63. The Labute approximate surface area is 181 Å². The van der Waals surface area contributed by atoms with Crippen molar-refractivity contribution in [3.63, 3.8) is 0 Å². The van der Waals surface area contributed by atoms with Gasteiger partial charge in [-0.05, 0) is 42.0 Å². The van der Waals surface area contributed by atoms with E-state index in [0.717, 1.165) is 55.8 Å². The minimum Gasteiger partial charge on any atom is -0.495 e. The van der Waals surface area contributed by atoms with Gasteiger partial charge in [0.15, 0.2) is 0 Å². The van der Waals surface area contributed by atoms with E-state index < -0.39 is 0 Å². The topological polar surface area (TPSA) is 43.4 Å². The van der Waals surface area contributed by atoms with Crippen molar-refractivity contribution in [3.05, 3.63) is 91.0 Å². The third kappa shape index (κ3) is 3.42. The fraction of sp³-hybridized carbons (Fsp3) is 0.0741. The quantitative estimate of drug-likeness (QED) is 0.325. The highest BCUT2D eigenvalue weighted by Gasteiger charge is 2.14. The molecule has 1 heterocycles. The van der Waals surface area contributed by atoms with Crippen LogP contribution in [0.5, 0.6) is 11.5 Å². The molecule has 1 N–H and O–H groups in total. The van der Waals surface area contributed by atoms with Crippen molar-refractivity contribution in [2.75, 3.05) is 19.5 Å². The Morgan fingerprint density at radius 2 is 1.32 bits per heavy atom. The maximum Gasteiger partial charge on any atom is 0.145 e. The number of hydrogen-bond acceptors (Lipinski definition) is 4. The highest BCUT2D eigenvalue weighted by Crippen LogP contribution is 2.38. The van der Waals surface area contributed by atoms with Crippen LogP contribution in [0.2, 0.25) is 0 Å². The standard InChI is InChI=1S/C27H22N2O2/c1-30-24-12-6-5-11-23(24)28-19-16-14-18(15-17-19)26-20-8-3-4-10-22(20)29-27-21(26)9-7-13-25(27)31-2/h3-17,28H,1-2H3. The summed E-state index contributed by atoms with van der Waals surface area (Å²) in [5, 5.41) is 5.63. The van der Waals surface area contributed by atoms with Crippen molar-refractivity contribution < 1.29 is 9.47 Å². The Morgan fingerprint density at radius 1 is 0.645 bits per heavy atom. The van der Waals surface area contributed by atoms with E-state index in [2.05, 4.69) is 47.8 Å². The molecule has 4 aromatic carbocycles. The first-order valence-electron chi connectivity index (χ1n) is 10.1. The molecule has 0 aliphatic carbocycles. The molecule has 0 saturated carbocycles. The van der Waals surface area contributed by atoms with Gasteiger partial charge in [-0.3, -0.25) is 0 Å². The number of fused-ring (bicyclic) bond motifs is 2. The predicted octanol–water partition coefficient (Wildman–Crippen LogP) is 6.82. The van der Waals surface area contributed by atoms with Gasteiger partial charge in [0.2, 0.25) is 0 Å². The highest BCUT2D eigenvalue weighted by molar-refractivity contribution is 6.10. The zero-order valence-corrected chi connectivity index (χ0v) is 17.4. The van der Waals surface area contributed by atoms with Gasteiger partial charge in [-0.2, -0.15) is 0 Å². The van der Waals surface area contributed by atoms with Crippen LogP contribution < -0.4 is 14.8 Å². The first-order chi connectivity index (χ1) is 15.3. The molecule has 0 aliphatic heterocycles. The third-order valence-corrected chi connectivity index (χ3v) is 5.45. The first-order valence-corrected chi connectivity index (χ1v) is 10.1. The lowest BCUT2D eigenvalue weighted by Gasteiger charge is -2.14. The van der Waals surface area contributed by atoms with E-state index in [1.54, 1.807) is 14.2 Å². The van der Waals surface area contributed by atoms with Crippen LogP contribution in [-0.4, -0.2) is 19.2 Å². The Kier molecular flexibility index (Phi) is 4.89. The Morgan fingerprint density at radius 3 is 2.13 bits per heavy atom. The number of pyridine rings is 1. The largest absolute Gasteiger partial charge is 0.495 e. The van der Waals surface area contributed by atoms with Gasteiger partial charge >= 0.3 is 0 Å². The lowest BCUT2D eigenvalue weighted by molar-refractivity contribution is 0.417. The summed E-state index contributed by atoms with van der Waals surface area (Å²) in [6.07, 6.45) is 0. The minimum atomic E-state index is 0.777. The van der Waals surface area contributed by atoms with Crippen molar-refractivity contribution in [1.29, 1.82) is 0 Å². The molecule has 152 valence electrons. The number of rotatable bonds is 5. The summed E-state index contributed by atoms with van der Waals surface area (Å²) in [6.45, 7) is 0. The molecule has 4 nitrogen and oxygen atoms in total. The number of benzene rings is 4. The second-order valence-electron chi connectivity index (χ2n) is 7.26. The van der Waals surface area contributed by atoms with E-state index in [4.69, 9.17) is 14.5 Å². The van der Waals surface area contributed by atoms with Gasteiger partial charge in [0, 0.05) is 22.0 Å². The highest BCUT2D eigenvalue weighted by atomic mass is 16.5. The minimum absolute atomic E-state index is 0.777. The molecule has 1 aromatic heterocycles. The van der Waals surface area contributed by atoms with E-state index in [1.165, 1.54) is 0 Å². The van der Waals surface area contributed by atoms with Crippen LogP contribution in [0, 0.1) is 0 Å². The van der Waals surface area contributed by atoms with Gasteiger partial charge in [-0.1, -0.05) is 54.6 Å². The van der Waals surface area contributed by atoms with Crippen LogP contribution in [0.4, 0.5) is 11.4 Å². The number of ether oxygens (including phenoxy) is 2. The van der Waals surface area contributed by atoms with E-state index in [0.29, 0.717) is 0 Å². The summed E-state index contributed by atoms with van der Waals surface area (Å²) in [5.41, 5.74) is 6.03. The lowest BCUT2D eigenvalue weighted by atomic mass is 9.95. The number of hydrogen-bond donors (Lipinski definition) is 1. The molecule has 0 atom stereocenters. The average Bonchev–Trinajstić information content (AvgIpc) is 2.83. The number of anilines is 2. The molecule has 0 aliphatic rings. The number of aromatic nitrogens is 1. The van der Waals surface area contributed by atoms with Crippen LogP contribution in [0.3, 0.4) is 0 Å². The molecule has 0 saturated heterocycles. The van der Waals surface area contributed by atoms with Gasteiger partial charge in [-0.25, -0.2) is 4.98 Å². The second-order valence-corrected chi connectivity index (χ2v) is 7.26. The van der Waals surface area contributed by atoms with Crippen LogP contribution in [0.15, 0.2) is 91.0 Å². The number of para-hydroxylation sites is 4. The van der Waals surface area contributed by atoms with Crippen molar-refractivity contribution in [1.82, 2.24) is 4.98 Å². The van der Waals surface area contributed by atoms with Crippen LogP contribution in [-0.2, 0) is 0 Å². The monoisotopic (exact) mass is 406 g/mol. The van der Waals surface area contributed by atoms with Crippen molar-refractivity contribution in [3.8, 4) is 22.6 Å². The molecular formula is C27H22N2O2. The van der Waals surface area contributed by atoms with Crippen LogP contribution >= 0.6 is 0 Å². The normalized spacial score (nSPS) is 10.9. The van der Waals surface area contributed by atoms with E-state index in [9.17, 15) is 0 Å². The van der Waals surface area contributed by atoms with Crippen molar-refractivity contribution in [2.45, 2.75) is 0 Å². The Bertz CT molecular complexity index is 1380. The summed E-state index contributed by atoms with van der Waals surface area (Å²) >= 11 is 0. The van der Waals surface area contributed by atoms with Crippen LogP contribution in [0.1, 0.15) is 0 Å². The molecule has 5 rings (SSSR count). The molecule has 0 spiro atoms. The predicted molar refractivity (Wildman–Crippen MR) is 128 cm³/mol. The van der Waals surface area contributed by atoms with Gasteiger partial charge in [0.25, 0.3) is 0 Å². The van der Waals surface area contributed by atoms with Gasteiger partial charge in [0.1, 0.15) is 17.0 Å². The number of nitrogens with zero attached hydrogens (tertiary/aromatic N) is 1. The zero-order chi connectivity index (χ0) is 21.2. The molecule has 0 bridgehead atoms. The first kappa shape index (κ1) is 18.9. The van der Waals surface area contributed by atoms with E-state index >= 15 is 0 Å². The fourth-order valence-electron chi connectivity index (χ4n) is 3.99. The number of methoxy groups -OCH3 is 2. The van der Waals surface area contributed by atoms with Gasteiger partial charge in [0.05, 0.1) is 25.4 Å². The average molecular weight is 406 g/mol. The van der Waals surface area contributed by atoms with E-state index in [-0.39, 0.29) is 0 Å². The lowest BCUT2D eigenvalue weighted by Crippen LogP contribution is -1.95. The summed E-state index contributed by atoms with van der Waals surface area (Å²) in [4.78, 5) is 4.88. The molecule has 31 heavy (non-hydrogen) atoms. The van der Waals surface area contributed by atoms with E-state index in [1.807, 2.05) is 48.5 Å². The van der Waals surface area contributed by atoms with Crippen LogP contribution in [0.25, 0.3) is 32.9 Å². The summed E-state index contributed by atoms with van der Waals surface area (Å²) in [7, 11) is 3.36. The van der Waals surface area contributed by atoms with Gasteiger partial charge < -0.3 is 14.8 Å². The molecule has 0 amide bonds. The maximum absolute atomic E-state index is 5.59.